The Morgan fingerprint density at radius 1 is 1.41 bits per heavy atom. The zero-order chi connectivity index (χ0) is 12.3. The molecule has 0 bridgehead atoms. The molecule has 0 saturated heterocycles. The molecular formula is C13H16N2O2. The Hall–Kier alpha value is -1.81. The number of benzene rings is 1. The van der Waals surface area contributed by atoms with Crippen LogP contribution in [-0.2, 0) is 16.1 Å². The van der Waals surface area contributed by atoms with E-state index in [1.54, 1.807) is 0 Å². The van der Waals surface area contributed by atoms with Gasteiger partial charge in [-0.1, -0.05) is 18.2 Å². The first-order valence-electron chi connectivity index (χ1n) is 5.56. The maximum absolute atomic E-state index is 11.0. The van der Waals surface area contributed by atoms with E-state index in [1.807, 2.05) is 25.1 Å². The van der Waals surface area contributed by atoms with Crippen LogP contribution >= 0.6 is 0 Å². The number of nitrogens with one attached hydrogen (secondary N) is 2. The van der Waals surface area contributed by atoms with Gasteiger partial charge >= 0.3 is 5.97 Å². The molecule has 1 aromatic heterocycles. The summed E-state index contributed by atoms with van der Waals surface area (Å²) in [5.41, 5.74) is 3.45. The smallest absolute Gasteiger partial charge is 0.319 e. The van der Waals surface area contributed by atoms with E-state index in [9.17, 15) is 4.79 Å². The summed E-state index contributed by atoms with van der Waals surface area (Å²) in [6.07, 6.45) is 0. The van der Waals surface area contributed by atoms with Crippen molar-refractivity contribution < 1.29 is 9.53 Å². The summed E-state index contributed by atoms with van der Waals surface area (Å²) in [6.45, 7) is 2.93. The molecule has 4 heteroatoms. The number of fused-ring (bicyclic) bond motifs is 1. The number of carbonyl (C=O) groups is 1. The van der Waals surface area contributed by atoms with Crippen LogP contribution in [0.4, 0.5) is 0 Å². The number of rotatable bonds is 4. The molecule has 1 heterocycles. The van der Waals surface area contributed by atoms with Crippen LogP contribution in [0.3, 0.4) is 0 Å². The largest absolute Gasteiger partial charge is 0.468 e. The summed E-state index contributed by atoms with van der Waals surface area (Å²) in [5.74, 6) is -0.248. The summed E-state index contributed by atoms with van der Waals surface area (Å²) >= 11 is 0. The van der Waals surface area contributed by atoms with Crippen molar-refractivity contribution in [2.75, 3.05) is 13.7 Å². The summed E-state index contributed by atoms with van der Waals surface area (Å²) in [5, 5.41) is 4.27. The van der Waals surface area contributed by atoms with Gasteiger partial charge in [0, 0.05) is 23.1 Å². The number of methoxy groups -OCH3 is 1. The van der Waals surface area contributed by atoms with E-state index < -0.39 is 0 Å². The Labute approximate surface area is 100.0 Å². The topological polar surface area (TPSA) is 54.1 Å². The fraction of sp³-hybridized carbons (Fsp3) is 0.308. The lowest BCUT2D eigenvalue weighted by atomic mass is 10.1. The highest BCUT2D eigenvalue weighted by Gasteiger charge is 2.07. The number of hydrogen-bond acceptors (Lipinski definition) is 3. The van der Waals surface area contributed by atoms with Crippen LogP contribution in [0.15, 0.2) is 24.3 Å². The van der Waals surface area contributed by atoms with E-state index in [1.165, 1.54) is 18.1 Å². The number of para-hydroxylation sites is 1. The molecule has 0 aliphatic rings. The van der Waals surface area contributed by atoms with E-state index in [0.717, 1.165) is 11.2 Å². The van der Waals surface area contributed by atoms with Crippen LogP contribution in [0.5, 0.6) is 0 Å². The molecule has 0 fully saturated rings. The number of H-pyrrole nitrogens is 1. The molecule has 2 N–H and O–H groups in total. The molecule has 90 valence electrons. The van der Waals surface area contributed by atoms with E-state index in [2.05, 4.69) is 21.1 Å². The zero-order valence-electron chi connectivity index (χ0n) is 10.0. The maximum atomic E-state index is 11.0. The third-order valence-electron chi connectivity index (χ3n) is 2.83. The normalized spacial score (nSPS) is 10.7. The third-order valence-corrected chi connectivity index (χ3v) is 2.83. The predicted octanol–water partition coefficient (Wildman–Crippen LogP) is 1.74. The molecule has 0 aliphatic carbocycles. The van der Waals surface area contributed by atoms with Gasteiger partial charge in [-0.05, 0) is 18.6 Å². The molecule has 0 unspecified atom stereocenters. The van der Waals surface area contributed by atoms with Gasteiger partial charge in [0.15, 0.2) is 0 Å². The van der Waals surface area contributed by atoms with Gasteiger partial charge in [0.05, 0.1) is 13.7 Å². The van der Waals surface area contributed by atoms with Crippen molar-refractivity contribution >= 4 is 16.9 Å². The molecule has 2 rings (SSSR count). The summed E-state index contributed by atoms with van der Waals surface area (Å²) in [4.78, 5) is 14.3. The van der Waals surface area contributed by atoms with Crippen molar-refractivity contribution in [2.24, 2.45) is 0 Å². The second-order valence-corrected chi connectivity index (χ2v) is 3.95. The number of hydrogen-bond donors (Lipinski definition) is 2. The molecule has 0 saturated carbocycles. The van der Waals surface area contributed by atoms with Crippen LogP contribution in [-0.4, -0.2) is 24.6 Å². The molecule has 1 aromatic carbocycles. The Kier molecular flexibility index (Phi) is 3.44. The van der Waals surface area contributed by atoms with Crippen molar-refractivity contribution in [3.05, 3.63) is 35.5 Å². The van der Waals surface area contributed by atoms with Gasteiger partial charge in [0.25, 0.3) is 0 Å². The highest BCUT2D eigenvalue weighted by molar-refractivity contribution is 5.84. The van der Waals surface area contributed by atoms with Gasteiger partial charge < -0.3 is 15.0 Å². The monoisotopic (exact) mass is 232 g/mol. The quantitative estimate of drug-likeness (QED) is 0.789. The Morgan fingerprint density at radius 3 is 2.94 bits per heavy atom. The fourth-order valence-corrected chi connectivity index (χ4v) is 1.92. The highest BCUT2D eigenvalue weighted by Crippen LogP contribution is 2.21. The van der Waals surface area contributed by atoms with Gasteiger partial charge in [-0.3, -0.25) is 4.79 Å². The van der Waals surface area contributed by atoms with Crippen molar-refractivity contribution in [3.63, 3.8) is 0 Å². The lowest BCUT2D eigenvalue weighted by Gasteiger charge is -2.03. The highest BCUT2D eigenvalue weighted by atomic mass is 16.5. The third kappa shape index (κ3) is 2.47. The van der Waals surface area contributed by atoms with Gasteiger partial charge in [-0.2, -0.15) is 0 Å². The van der Waals surface area contributed by atoms with Crippen molar-refractivity contribution in [2.45, 2.75) is 13.5 Å². The Morgan fingerprint density at radius 2 is 2.18 bits per heavy atom. The minimum absolute atomic E-state index is 0.232. The first-order chi connectivity index (χ1) is 8.22. The van der Waals surface area contributed by atoms with Crippen LogP contribution < -0.4 is 5.32 Å². The summed E-state index contributed by atoms with van der Waals surface area (Å²) < 4.78 is 4.58. The van der Waals surface area contributed by atoms with Crippen molar-refractivity contribution in [1.82, 2.24) is 10.3 Å². The molecule has 4 nitrogen and oxygen atoms in total. The first kappa shape index (κ1) is 11.7. The average Bonchev–Trinajstić information content (AvgIpc) is 2.66. The van der Waals surface area contributed by atoms with Crippen molar-refractivity contribution in [3.8, 4) is 0 Å². The van der Waals surface area contributed by atoms with Crippen LogP contribution in [0, 0.1) is 6.92 Å². The predicted molar refractivity (Wildman–Crippen MR) is 66.8 cm³/mol. The molecule has 0 spiro atoms. The zero-order valence-corrected chi connectivity index (χ0v) is 10.0. The number of esters is 1. The second-order valence-electron chi connectivity index (χ2n) is 3.95. The van der Waals surface area contributed by atoms with E-state index in [4.69, 9.17) is 0 Å². The minimum Gasteiger partial charge on any atom is -0.468 e. The molecule has 2 aromatic rings. The molecule has 0 radical (unpaired) electrons. The Bertz CT molecular complexity index is 531. The standard InChI is InChI=1S/C13H16N2O2/c1-9-11(7-14-8-13(16)17-2)10-5-3-4-6-12(10)15-9/h3-6,14-15H,7-8H2,1-2H3. The second kappa shape index (κ2) is 5.01. The molecule has 17 heavy (non-hydrogen) atoms. The number of ether oxygens (including phenoxy) is 1. The molecule has 0 atom stereocenters. The molecular weight excluding hydrogens is 216 g/mol. The number of aryl methyl sites for hydroxylation is 1. The van der Waals surface area contributed by atoms with Gasteiger partial charge in [0.2, 0.25) is 0 Å². The average molecular weight is 232 g/mol. The van der Waals surface area contributed by atoms with Crippen LogP contribution in [0.2, 0.25) is 0 Å². The lowest BCUT2D eigenvalue weighted by molar-refractivity contribution is -0.139. The van der Waals surface area contributed by atoms with E-state index >= 15 is 0 Å². The van der Waals surface area contributed by atoms with E-state index in [0.29, 0.717) is 6.54 Å². The molecule has 0 aliphatic heterocycles. The van der Waals surface area contributed by atoms with Crippen molar-refractivity contribution in [1.29, 1.82) is 0 Å². The number of aromatic nitrogens is 1. The van der Waals surface area contributed by atoms with Crippen LogP contribution in [0.25, 0.3) is 10.9 Å². The number of carbonyl (C=O) groups excluding carboxylic acids is 1. The van der Waals surface area contributed by atoms with E-state index in [-0.39, 0.29) is 12.5 Å². The lowest BCUT2D eigenvalue weighted by Crippen LogP contribution is -2.23. The molecule has 0 amide bonds. The number of aromatic amines is 1. The van der Waals surface area contributed by atoms with Gasteiger partial charge in [-0.15, -0.1) is 0 Å². The summed E-state index contributed by atoms with van der Waals surface area (Å²) in [7, 11) is 1.39. The SMILES string of the molecule is COC(=O)CNCc1c(C)[nH]c2ccccc12. The summed E-state index contributed by atoms with van der Waals surface area (Å²) in [6, 6.07) is 8.14. The van der Waals surface area contributed by atoms with Crippen LogP contribution in [0.1, 0.15) is 11.3 Å². The van der Waals surface area contributed by atoms with Gasteiger partial charge in [0.1, 0.15) is 0 Å². The fourth-order valence-electron chi connectivity index (χ4n) is 1.92. The van der Waals surface area contributed by atoms with Gasteiger partial charge in [-0.25, -0.2) is 0 Å². The Balaban J connectivity index is 2.12. The first-order valence-corrected chi connectivity index (χ1v) is 5.56. The minimum atomic E-state index is -0.248. The maximum Gasteiger partial charge on any atom is 0.319 e.